The van der Waals surface area contributed by atoms with Crippen LogP contribution in [-0.4, -0.2) is 30.1 Å². The Kier molecular flexibility index (Phi) is 4.31. The molecule has 0 bridgehead atoms. The first-order chi connectivity index (χ1) is 14.2. The van der Waals surface area contributed by atoms with Crippen molar-refractivity contribution in [2.75, 3.05) is 23.4 Å². The molecule has 6 heteroatoms. The Balaban J connectivity index is 1.33. The van der Waals surface area contributed by atoms with Crippen molar-refractivity contribution >= 4 is 23.1 Å². The fraction of sp³-hybridized carbons (Fsp3) is 0.217. The van der Waals surface area contributed by atoms with E-state index in [0.29, 0.717) is 42.0 Å². The zero-order valence-electron chi connectivity index (χ0n) is 16.1. The number of carbonyl (C=O) groups excluding carboxylic acids is 1. The van der Waals surface area contributed by atoms with Gasteiger partial charge in [0.25, 0.3) is 5.91 Å². The molecule has 1 N–H and O–H groups in total. The van der Waals surface area contributed by atoms with Crippen LogP contribution in [0.25, 0.3) is 0 Å². The average molecular weight is 387 g/mol. The highest BCUT2D eigenvalue weighted by molar-refractivity contribution is 6.04. The Labute approximate surface area is 169 Å². The van der Waals surface area contributed by atoms with Crippen LogP contribution in [0.15, 0.2) is 60.8 Å². The molecular weight excluding hydrogens is 366 g/mol. The van der Waals surface area contributed by atoms with Gasteiger partial charge in [-0.25, -0.2) is 4.98 Å². The number of anilines is 3. The summed E-state index contributed by atoms with van der Waals surface area (Å²) < 4.78 is 11.1. The summed E-state index contributed by atoms with van der Waals surface area (Å²) in [6, 6.07) is 17.8. The number of hydrogen-bond donors (Lipinski definition) is 1. The van der Waals surface area contributed by atoms with Gasteiger partial charge in [-0.2, -0.15) is 0 Å². The van der Waals surface area contributed by atoms with Crippen LogP contribution in [-0.2, 0) is 6.42 Å². The molecule has 0 aliphatic carbocycles. The Morgan fingerprint density at radius 1 is 1.07 bits per heavy atom. The molecule has 146 valence electrons. The van der Waals surface area contributed by atoms with Crippen LogP contribution in [0, 0.1) is 0 Å². The van der Waals surface area contributed by atoms with Gasteiger partial charge >= 0.3 is 0 Å². The topological polar surface area (TPSA) is 63.7 Å². The molecule has 0 saturated heterocycles. The Morgan fingerprint density at radius 3 is 2.72 bits per heavy atom. The average Bonchev–Trinajstić information content (AvgIpc) is 3.09. The molecule has 2 aromatic carbocycles. The zero-order valence-corrected chi connectivity index (χ0v) is 16.1. The molecule has 29 heavy (non-hydrogen) atoms. The molecule has 2 aliphatic heterocycles. The first-order valence-corrected chi connectivity index (χ1v) is 9.73. The minimum atomic E-state index is -0.212. The lowest BCUT2D eigenvalue weighted by Gasteiger charge is -2.23. The zero-order chi connectivity index (χ0) is 19.8. The van der Waals surface area contributed by atoms with E-state index in [2.05, 4.69) is 40.3 Å². The number of nitrogens with zero attached hydrogens (tertiary/aromatic N) is 2. The van der Waals surface area contributed by atoms with Gasteiger partial charge < -0.3 is 19.7 Å². The number of rotatable bonds is 3. The number of nitrogens with one attached hydrogen (secondary N) is 1. The number of aromatic nitrogens is 1. The summed E-state index contributed by atoms with van der Waals surface area (Å²) in [6.07, 6.45) is 2.61. The predicted molar refractivity (Wildman–Crippen MR) is 111 cm³/mol. The van der Waals surface area contributed by atoms with E-state index >= 15 is 0 Å². The van der Waals surface area contributed by atoms with Gasteiger partial charge in [0, 0.05) is 29.7 Å². The fourth-order valence-electron chi connectivity index (χ4n) is 3.90. The molecule has 0 saturated carbocycles. The molecule has 2 aliphatic rings. The summed E-state index contributed by atoms with van der Waals surface area (Å²) in [5, 5.41) is 2.89. The number of ether oxygens (including phenoxy) is 2. The van der Waals surface area contributed by atoms with Crippen molar-refractivity contribution in [3.8, 4) is 11.5 Å². The number of para-hydroxylation sites is 1. The largest absolute Gasteiger partial charge is 0.486 e. The summed E-state index contributed by atoms with van der Waals surface area (Å²) in [5.41, 5.74) is 3.66. The maximum absolute atomic E-state index is 12.6. The fourth-order valence-corrected chi connectivity index (χ4v) is 3.90. The van der Waals surface area contributed by atoms with Gasteiger partial charge in [-0.15, -0.1) is 0 Å². The number of amides is 1. The molecule has 1 unspecified atom stereocenters. The van der Waals surface area contributed by atoms with E-state index in [1.165, 1.54) is 11.3 Å². The van der Waals surface area contributed by atoms with Crippen molar-refractivity contribution in [1.82, 2.24) is 4.98 Å². The van der Waals surface area contributed by atoms with E-state index in [-0.39, 0.29) is 5.91 Å². The molecular formula is C23H21N3O3. The van der Waals surface area contributed by atoms with Crippen molar-refractivity contribution in [3.05, 3.63) is 71.9 Å². The third kappa shape index (κ3) is 3.27. The highest BCUT2D eigenvalue weighted by Crippen LogP contribution is 2.37. The lowest BCUT2D eigenvalue weighted by Crippen LogP contribution is -2.25. The Hall–Kier alpha value is -3.54. The normalized spacial score (nSPS) is 17.0. The first kappa shape index (κ1) is 17.6. The first-order valence-electron chi connectivity index (χ1n) is 9.73. The van der Waals surface area contributed by atoms with E-state index in [9.17, 15) is 4.79 Å². The molecule has 5 rings (SSSR count). The van der Waals surface area contributed by atoms with Crippen LogP contribution >= 0.6 is 0 Å². The van der Waals surface area contributed by atoms with Crippen LogP contribution in [0.5, 0.6) is 11.5 Å². The quantitative estimate of drug-likeness (QED) is 0.730. The third-order valence-electron chi connectivity index (χ3n) is 5.26. The van der Waals surface area contributed by atoms with E-state index < -0.39 is 0 Å². The van der Waals surface area contributed by atoms with Crippen molar-refractivity contribution in [3.63, 3.8) is 0 Å². The molecule has 6 nitrogen and oxygen atoms in total. The van der Waals surface area contributed by atoms with Gasteiger partial charge in [0.15, 0.2) is 11.5 Å². The highest BCUT2D eigenvalue weighted by Gasteiger charge is 2.27. The molecule has 0 spiro atoms. The Bertz CT molecular complexity index is 1070. The molecule has 0 fully saturated rings. The Morgan fingerprint density at radius 2 is 1.90 bits per heavy atom. The van der Waals surface area contributed by atoms with Crippen LogP contribution in [0.1, 0.15) is 22.8 Å². The van der Waals surface area contributed by atoms with Gasteiger partial charge in [0.05, 0.1) is 5.56 Å². The monoisotopic (exact) mass is 387 g/mol. The van der Waals surface area contributed by atoms with Crippen LogP contribution in [0.2, 0.25) is 0 Å². The highest BCUT2D eigenvalue weighted by atomic mass is 16.6. The molecule has 1 amide bonds. The van der Waals surface area contributed by atoms with Gasteiger partial charge in [-0.1, -0.05) is 18.2 Å². The smallest absolute Gasteiger partial charge is 0.257 e. The maximum Gasteiger partial charge on any atom is 0.257 e. The summed E-state index contributed by atoms with van der Waals surface area (Å²) >= 11 is 0. The second-order valence-corrected chi connectivity index (χ2v) is 7.27. The minimum absolute atomic E-state index is 0.212. The van der Waals surface area contributed by atoms with Crippen LogP contribution < -0.4 is 19.7 Å². The van der Waals surface area contributed by atoms with Crippen molar-refractivity contribution in [2.45, 2.75) is 19.4 Å². The molecule has 3 aromatic rings. The summed E-state index contributed by atoms with van der Waals surface area (Å²) in [5.74, 6) is 1.97. The SMILES string of the molecule is CC1Cc2ccccc2N1c1ccc(C(=O)Nc2ccc3c(c2)OCCO3)cn1. The van der Waals surface area contributed by atoms with E-state index in [1.54, 1.807) is 24.4 Å². The molecule has 1 aromatic heterocycles. The molecule has 0 radical (unpaired) electrons. The number of pyridine rings is 1. The lowest BCUT2D eigenvalue weighted by atomic mass is 10.1. The van der Waals surface area contributed by atoms with E-state index in [1.807, 2.05) is 18.2 Å². The summed E-state index contributed by atoms with van der Waals surface area (Å²) in [4.78, 5) is 19.4. The summed E-state index contributed by atoms with van der Waals surface area (Å²) in [6.45, 7) is 3.23. The lowest BCUT2D eigenvalue weighted by molar-refractivity contribution is 0.102. The third-order valence-corrected chi connectivity index (χ3v) is 5.26. The van der Waals surface area contributed by atoms with E-state index in [4.69, 9.17) is 9.47 Å². The number of benzene rings is 2. The number of fused-ring (bicyclic) bond motifs is 2. The predicted octanol–water partition coefficient (Wildman–Crippen LogP) is 4.19. The number of hydrogen-bond acceptors (Lipinski definition) is 5. The van der Waals surface area contributed by atoms with Crippen LogP contribution in [0.3, 0.4) is 0 Å². The molecule has 3 heterocycles. The van der Waals surface area contributed by atoms with Gasteiger partial charge in [-0.3, -0.25) is 4.79 Å². The van der Waals surface area contributed by atoms with Crippen molar-refractivity contribution in [1.29, 1.82) is 0 Å². The maximum atomic E-state index is 12.6. The number of carbonyl (C=O) groups is 1. The van der Waals surface area contributed by atoms with E-state index in [0.717, 1.165) is 12.2 Å². The summed E-state index contributed by atoms with van der Waals surface area (Å²) in [7, 11) is 0. The molecule has 1 atom stereocenters. The minimum Gasteiger partial charge on any atom is -0.486 e. The van der Waals surface area contributed by atoms with Crippen LogP contribution in [0.4, 0.5) is 17.2 Å². The standard InChI is InChI=1S/C23H21N3O3/c1-15-12-16-4-2-3-5-19(16)26(15)22-9-6-17(14-24-22)23(27)25-18-7-8-20-21(13-18)29-11-10-28-20/h2-9,13-15H,10-12H2,1H3,(H,25,27). The van der Waals surface area contributed by atoms with Crippen molar-refractivity contribution < 1.29 is 14.3 Å². The second kappa shape index (κ2) is 7.13. The van der Waals surface area contributed by atoms with Gasteiger partial charge in [0.2, 0.25) is 0 Å². The van der Waals surface area contributed by atoms with Gasteiger partial charge in [0.1, 0.15) is 19.0 Å². The second-order valence-electron chi connectivity index (χ2n) is 7.27. The van der Waals surface area contributed by atoms with Gasteiger partial charge in [-0.05, 0) is 49.2 Å². The van der Waals surface area contributed by atoms with Crippen molar-refractivity contribution in [2.24, 2.45) is 0 Å².